The van der Waals surface area contributed by atoms with E-state index in [-0.39, 0.29) is 0 Å². The van der Waals surface area contributed by atoms with Gasteiger partial charge in [-0.25, -0.2) is 9.78 Å². The molecule has 0 spiro atoms. The number of nitrogens with zero attached hydrogens (tertiary/aromatic N) is 1. The van der Waals surface area contributed by atoms with Crippen LogP contribution in [0.3, 0.4) is 0 Å². The Morgan fingerprint density at radius 3 is 2.73 bits per heavy atom. The van der Waals surface area contributed by atoms with Crippen LogP contribution in [0.5, 0.6) is 0 Å². The summed E-state index contributed by atoms with van der Waals surface area (Å²) in [7, 11) is 0. The molecule has 0 atom stereocenters. The maximum atomic E-state index is 11.8. The van der Waals surface area contributed by atoms with Gasteiger partial charge in [-0.1, -0.05) is 35.3 Å². The number of nitrogens with one attached hydrogen (secondary N) is 1. The molecular formula is C18H12Cl2N2O3S. The lowest BCUT2D eigenvalue weighted by molar-refractivity contribution is -0.142. The number of fused-ring (bicyclic) bond motifs is 1. The van der Waals surface area contributed by atoms with Crippen LogP contribution >= 0.6 is 34.5 Å². The fourth-order valence-corrected chi connectivity index (χ4v) is 3.22. The van der Waals surface area contributed by atoms with Crippen molar-refractivity contribution in [3.05, 3.63) is 63.6 Å². The highest BCUT2D eigenvalue weighted by atomic mass is 35.5. The Kier molecular flexibility index (Phi) is 5.88. The maximum Gasteiger partial charge on any atom is 0.331 e. The predicted octanol–water partition coefficient (Wildman–Crippen LogP) is 4.80. The summed E-state index contributed by atoms with van der Waals surface area (Å²) in [6, 6.07) is 12.3. The fraction of sp³-hybridized carbons (Fsp3) is 0.0556. The summed E-state index contributed by atoms with van der Waals surface area (Å²) >= 11 is 13.1. The summed E-state index contributed by atoms with van der Waals surface area (Å²) in [5, 5.41) is 3.95. The number of carbonyl (C=O) groups excluding carboxylic acids is 2. The normalized spacial score (nSPS) is 11.0. The number of hydrogen-bond acceptors (Lipinski definition) is 5. The molecule has 26 heavy (non-hydrogen) atoms. The SMILES string of the molecule is O=C(COC(=O)/C=C/c1nc2ccccc2s1)Nc1ccc(Cl)c(Cl)c1. The van der Waals surface area contributed by atoms with Gasteiger partial charge in [-0.05, 0) is 36.4 Å². The number of anilines is 1. The lowest BCUT2D eigenvalue weighted by atomic mass is 10.3. The van der Waals surface area contributed by atoms with Crippen LogP contribution in [0, 0.1) is 0 Å². The summed E-state index contributed by atoms with van der Waals surface area (Å²) in [5.74, 6) is -1.11. The van der Waals surface area contributed by atoms with Crippen molar-refractivity contribution in [1.82, 2.24) is 4.98 Å². The molecule has 3 aromatic rings. The number of thiazole rings is 1. The maximum absolute atomic E-state index is 11.8. The zero-order valence-electron chi connectivity index (χ0n) is 13.2. The Hall–Kier alpha value is -2.41. The van der Waals surface area contributed by atoms with Crippen molar-refractivity contribution in [2.75, 3.05) is 11.9 Å². The number of amides is 1. The van der Waals surface area contributed by atoms with E-state index in [1.165, 1.54) is 23.5 Å². The van der Waals surface area contributed by atoms with Gasteiger partial charge in [0.2, 0.25) is 0 Å². The quantitative estimate of drug-likeness (QED) is 0.488. The summed E-state index contributed by atoms with van der Waals surface area (Å²) < 4.78 is 5.94. The van der Waals surface area contributed by atoms with E-state index >= 15 is 0 Å². The molecule has 132 valence electrons. The third kappa shape index (κ3) is 4.82. The summed E-state index contributed by atoms with van der Waals surface area (Å²) in [4.78, 5) is 27.9. The van der Waals surface area contributed by atoms with E-state index in [1.807, 2.05) is 24.3 Å². The van der Waals surface area contributed by atoms with Crippen LogP contribution in [0.1, 0.15) is 5.01 Å². The molecule has 1 aromatic heterocycles. The molecule has 0 radical (unpaired) electrons. The molecule has 0 aliphatic rings. The minimum atomic E-state index is -0.631. The van der Waals surface area contributed by atoms with Gasteiger partial charge in [-0.15, -0.1) is 11.3 Å². The van der Waals surface area contributed by atoms with Gasteiger partial charge in [0, 0.05) is 11.8 Å². The molecule has 0 aliphatic carbocycles. The molecule has 0 saturated carbocycles. The van der Waals surface area contributed by atoms with Crippen LogP contribution in [0.2, 0.25) is 10.0 Å². The van der Waals surface area contributed by atoms with Crippen LogP contribution in [0.4, 0.5) is 5.69 Å². The second kappa shape index (κ2) is 8.31. The van der Waals surface area contributed by atoms with Crippen LogP contribution in [-0.2, 0) is 14.3 Å². The largest absolute Gasteiger partial charge is 0.452 e. The molecule has 0 saturated heterocycles. The van der Waals surface area contributed by atoms with Crippen molar-refractivity contribution in [2.45, 2.75) is 0 Å². The topological polar surface area (TPSA) is 68.3 Å². The number of ether oxygens (including phenoxy) is 1. The number of carbonyl (C=O) groups is 2. The average Bonchev–Trinajstić information content (AvgIpc) is 3.04. The van der Waals surface area contributed by atoms with Crippen molar-refractivity contribution in [2.24, 2.45) is 0 Å². The first-order chi connectivity index (χ1) is 12.5. The Balaban J connectivity index is 1.51. The molecule has 0 fully saturated rings. The molecule has 1 amide bonds. The Morgan fingerprint density at radius 1 is 1.15 bits per heavy atom. The standard InChI is InChI=1S/C18H12Cl2N2O3S/c19-12-6-5-11(9-13(12)20)21-16(23)10-25-18(24)8-7-17-22-14-3-1-2-4-15(14)26-17/h1-9H,10H2,(H,21,23)/b8-7+. The van der Waals surface area contributed by atoms with E-state index in [9.17, 15) is 9.59 Å². The van der Waals surface area contributed by atoms with Crippen molar-refractivity contribution in [3.63, 3.8) is 0 Å². The van der Waals surface area contributed by atoms with Crippen molar-refractivity contribution >= 4 is 68.4 Å². The molecule has 0 aliphatic heterocycles. The number of para-hydroxylation sites is 1. The molecule has 2 aromatic carbocycles. The number of rotatable bonds is 5. The predicted molar refractivity (Wildman–Crippen MR) is 105 cm³/mol. The molecule has 5 nitrogen and oxygen atoms in total. The molecule has 1 N–H and O–H groups in total. The van der Waals surface area contributed by atoms with Gasteiger partial charge >= 0.3 is 5.97 Å². The van der Waals surface area contributed by atoms with Gasteiger partial charge in [-0.3, -0.25) is 4.79 Å². The minimum Gasteiger partial charge on any atom is -0.452 e. The van der Waals surface area contributed by atoms with Gasteiger partial charge in [0.15, 0.2) is 6.61 Å². The van der Waals surface area contributed by atoms with Crippen LogP contribution in [0.25, 0.3) is 16.3 Å². The van der Waals surface area contributed by atoms with Gasteiger partial charge in [0.1, 0.15) is 5.01 Å². The Labute approximate surface area is 163 Å². The number of halogens is 2. The third-order valence-corrected chi connectivity index (χ3v) is 4.96. The van der Waals surface area contributed by atoms with Gasteiger partial charge in [-0.2, -0.15) is 0 Å². The highest BCUT2D eigenvalue weighted by Crippen LogP contribution is 2.25. The molecule has 1 heterocycles. The van der Waals surface area contributed by atoms with Crippen LogP contribution < -0.4 is 5.32 Å². The first-order valence-electron chi connectivity index (χ1n) is 7.46. The number of hydrogen-bond donors (Lipinski definition) is 1. The van der Waals surface area contributed by atoms with E-state index in [1.54, 1.807) is 18.2 Å². The molecule has 0 bridgehead atoms. The van der Waals surface area contributed by atoms with Crippen LogP contribution in [-0.4, -0.2) is 23.5 Å². The first-order valence-corrected chi connectivity index (χ1v) is 9.04. The lowest BCUT2D eigenvalue weighted by Gasteiger charge is -2.06. The minimum absolute atomic E-state index is 0.320. The Bertz CT molecular complexity index is 968. The third-order valence-electron chi connectivity index (χ3n) is 3.22. The van der Waals surface area contributed by atoms with E-state index in [2.05, 4.69) is 10.3 Å². The zero-order chi connectivity index (χ0) is 18.5. The van der Waals surface area contributed by atoms with E-state index in [4.69, 9.17) is 27.9 Å². The average molecular weight is 407 g/mol. The number of esters is 1. The van der Waals surface area contributed by atoms with E-state index in [0.717, 1.165) is 10.2 Å². The molecule has 0 unspecified atom stereocenters. The highest BCUT2D eigenvalue weighted by Gasteiger charge is 2.08. The number of aromatic nitrogens is 1. The Morgan fingerprint density at radius 2 is 1.96 bits per heavy atom. The molecular weight excluding hydrogens is 395 g/mol. The summed E-state index contributed by atoms with van der Waals surface area (Å²) in [6.07, 6.45) is 2.80. The van der Waals surface area contributed by atoms with Crippen molar-refractivity contribution in [3.8, 4) is 0 Å². The summed E-state index contributed by atoms with van der Waals surface area (Å²) in [6.45, 7) is -0.413. The summed E-state index contributed by atoms with van der Waals surface area (Å²) in [5.41, 5.74) is 1.33. The first kappa shape index (κ1) is 18.4. The second-order valence-electron chi connectivity index (χ2n) is 5.14. The molecule has 3 rings (SSSR count). The lowest BCUT2D eigenvalue weighted by Crippen LogP contribution is -2.20. The fourth-order valence-electron chi connectivity index (χ4n) is 2.06. The van der Waals surface area contributed by atoms with Gasteiger partial charge in [0.25, 0.3) is 5.91 Å². The van der Waals surface area contributed by atoms with Gasteiger partial charge < -0.3 is 10.1 Å². The van der Waals surface area contributed by atoms with Crippen LogP contribution in [0.15, 0.2) is 48.5 Å². The number of benzene rings is 2. The zero-order valence-corrected chi connectivity index (χ0v) is 15.6. The van der Waals surface area contributed by atoms with Gasteiger partial charge in [0.05, 0.1) is 20.3 Å². The molecule has 8 heteroatoms. The van der Waals surface area contributed by atoms with E-state index < -0.39 is 18.5 Å². The van der Waals surface area contributed by atoms with E-state index in [0.29, 0.717) is 20.7 Å². The van der Waals surface area contributed by atoms with Crippen molar-refractivity contribution < 1.29 is 14.3 Å². The smallest absolute Gasteiger partial charge is 0.331 e. The highest BCUT2D eigenvalue weighted by molar-refractivity contribution is 7.19. The monoisotopic (exact) mass is 406 g/mol. The van der Waals surface area contributed by atoms with Crippen molar-refractivity contribution in [1.29, 1.82) is 0 Å². The second-order valence-corrected chi connectivity index (χ2v) is 7.01.